The van der Waals surface area contributed by atoms with Crippen LogP contribution < -0.4 is 15.6 Å². The number of hydrogen-bond acceptors (Lipinski definition) is 7. The third-order valence-electron chi connectivity index (χ3n) is 5.30. The lowest BCUT2D eigenvalue weighted by molar-refractivity contribution is 0.0614. The first kappa shape index (κ1) is 22.9. The van der Waals surface area contributed by atoms with E-state index in [1.54, 1.807) is 44.2 Å². The van der Waals surface area contributed by atoms with Crippen LogP contribution >= 0.6 is 11.6 Å². The number of carbonyl (C=O) groups excluding carboxylic acids is 1. The van der Waals surface area contributed by atoms with E-state index in [1.807, 2.05) is 6.92 Å². The molecule has 2 aromatic rings. The molecular weight excluding hydrogens is 424 g/mol. The van der Waals surface area contributed by atoms with Crippen LogP contribution in [0.4, 0.5) is 10.5 Å². The van der Waals surface area contributed by atoms with E-state index in [0.29, 0.717) is 53.2 Å². The fourth-order valence-corrected chi connectivity index (χ4v) is 3.93. The van der Waals surface area contributed by atoms with Crippen LogP contribution in [0, 0.1) is 6.92 Å². The van der Waals surface area contributed by atoms with Crippen molar-refractivity contribution < 1.29 is 19.0 Å². The van der Waals surface area contributed by atoms with E-state index in [2.05, 4.69) is 10.3 Å². The summed E-state index contributed by atoms with van der Waals surface area (Å²) in [4.78, 5) is 31.3. The number of amides is 1. The van der Waals surface area contributed by atoms with Gasteiger partial charge < -0.3 is 24.4 Å². The zero-order chi connectivity index (χ0) is 22.7. The SMILES string of the molecule is CCO[C@H]1CN(C(=O)OC)CC1Nc1c(C)nc(-c2ccc(OC)cc2Cl)n(C)c1=O. The second kappa shape index (κ2) is 9.57. The minimum atomic E-state index is -0.429. The number of hydrogen-bond donors (Lipinski definition) is 1. The van der Waals surface area contributed by atoms with Crippen molar-refractivity contribution in [2.75, 3.05) is 39.2 Å². The maximum Gasteiger partial charge on any atom is 0.409 e. The van der Waals surface area contributed by atoms with Gasteiger partial charge in [0.25, 0.3) is 5.56 Å². The predicted octanol–water partition coefficient (Wildman–Crippen LogP) is 2.69. The largest absolute Gasteiger partial charge is 0.497 e. The van der Waals surface area contributed by atoms with Gasteiger partial charge in [0.15, 0.2) is 0 Å². The maximum atomic E-state index is 13.2. The summed E-state index contributed by atoms with van der Waals surface area (Å²) in [6.07, 6.45) is -0.704. The first-order valence-corrected chi connectivity index (χ1v) is 10.3. The van der Waals surface area contributed by atoms with Crippen LogP contribution in [0.25, 0.3) is 11.4 Å². The minimum Gasteiger partial charge on any atom is -0.497 e. The van der Waals surface area contributed by atoms with Crippen molar-refractivity contribution in [3.8, 4) is 17.1 Å². The van der Waals surface area contributed by atoms with Gasteiger partial charge >= 0.3 is 6.09 Å². The molecule has 1 aliphatic heterocycles. The maximum absolute atomic E-state index is 13.2. The van der Waals surface area contributed by atoms with E-state index >= 15 is 0 Å². The summed E-state index contributed by atoms with van der Waals surface area (Å²) in [7, 11) is 4.54. The molecule has 1 aromatic heterocycles. The van der Waals surface area contributed by atoms with E-state index in [-0.39, 0.29) is 17.7 Å². The van der Waals surface area contributed by atoms with Gasteiger partial charge in [0.05, 0.1) is 43.6 Å². The van der Waals surface area contributed by atoms with Crippen molar-refractivity contribution in [1.82, 2.24) is 14.5 Å². The lowest BCUT2D eigenvalue weighted by atomic mass is 10.1. The van der Waals surface area contributed by atoms with E-state index in [4.69, 9.17) is 25.8 Å². The molecule has 0 spiro atoms. The number of likely N-dealkylation sites (tertiary alicyclic amines) is 1. The number of benzene rings is 1. The van der Waals surface area contributed by atoms with E-state index < -0.39 is 6.09 Å². The Kier molecular flexibility index (Phi) is 7.07. The van der Waals surface area contributed by atoms with E-state index in [0.717, 1.165) is 0 Å². The Bertz CT molecular complexity index is 1030. The van der Waals surface area contributed by atoms with Gasteiger partial charge in [-0.25, -0.2) is 9.78 Å². The molecule has 1 unspecified atom stereocenters. The summed E-state index contributed by atoms with van der Waals surface area (Å²) >= 11 is 6.39. The molecule has 31 heavy (non-hydrogen) atoms. The molecule has 3 rings (SSSR count). The van der Waals surface area contributed by atoms with Crippen LogP contribution in [0.15, 0.2) is 23.0 Å². The molecule has 0 radical (unpaired) electrons. The first-order chi connectivity index (χ1) is 14.8. The van der Waals surface area contributed by atoms with Crippen LogP contribution in [-0.2, 0) is 16.5 Å². The van der Waals surface area contributed by atoms with Gasteiger partial charge in [0, 0.05) is 25.8 Å². The van der Waals surface area contributed by atoms with Crippen LogP contribution in [0.5, 0.6) is 5.75 Å². The second-order valence-corrected chi connectivity index (χ2v) is 7.63. The Hall–Kier alpha value is -2.78. The summed E-state index contributed by atoms with van der Waals surface area (Å²) in [5.41, 5.74) is 1.26. The highest BCUT2D eigenvalue weighted by atomic mass is 35.5. The van der Waals surface area contributed by atoms with E-state index in [9.17, 15) is 9.59 Å². The standard InChI is InChI=1S/C21H27ClN4O5/c1-6-31-17-11-26(21(28)30-5)10-16(17)24-18-12(2)23-19(25(3)20(18)27)14-8-7-13(29-4)9-15(14)22/h7-9,16-17,24H,6,10-11H2,1-5H3/t16?,17-/m0/s1. The van der Waals surface area contributed by atoms with Crippen LogP contribution in [0.3, 0.4) is 0 Å². The molecule has 1 saturated heterocycles. The normalized spacial score (nSPS) is 18.2. The Morgan fingerprint density at radius 1 is 1.32 bits per heavy atom. The molecule has 1 N–H and O–H groups in total. The number of halogens is 1. The summed E-state index contributed by atoms with van der Waals surface area (Å²) in [6.45, 7) is 4.86. The number of nitrogens with one attached hydrogen (secondary N) is 1. The third-order valence-corrected chi connectivity index (χ3v) is 5.61. The zero-order valence-electron chi connectivity index (χ0n) is 18.3. The predicted molar refractivity (Wildman–Crippen MR) is 118 cm³/mol. The number of carbonyl (C=O) groups is 1. The number of ether oxygens (including phenoxy) is 3. The smallest absolute Gasteiger partial charge is 0.409 e. The van der Waals surface area contributed by atoms with Gasteiger partial charge in [-0.1, -0.05) is 11.6 Å². The molecule has 9 nitrogen and oxygen atoms in total. The molecule has 0 saturated carbocycles. The molecule has 1 amide bonds. The second-order valence-electron chi connectivity index (χ2n) is 7.23. The Labute approximate surface area is 185 Å². The van der Waals surface area contributed by atoms with Gasteiger partial charge in [-0.05, 0) is 32.0 Å². The summed E-state index contributed by atoms with van der Waals surface area (Å²) in [5.74, 6) is 1.07. The highest BCUT2D eigenvalue weighted by molar-refractivity contribution is 6.33. The number of aromatic nitrogens is 2. The van der Waals surface area contributed by atoms with Crippen molar-refractivity contribution in [1.29, 1.82) is 0 Å². The Morgan fingerprint density at radius 3 is 2.68 bits per heavy atom. The van der Waals surface area contributed by atoms with Crippen molar-refractivity contribution in [2.24, 2.45) is 7.05 Å². The lowest BCUT2D eigenvalue weighted by Gasteiger charge is -2.22. The highest BCUT2D eigenvalue weighted by Crippen LogP contribution is 2.30. The molecule has 1 aliphatic rings. The van der Waals surface area contributed by atoms with Crippen molar-refractivity contribution in [3.63, 3.8) is 0 Å². The monoisotopic (exact) mass is 450 g/mol. The molecule has 2 atom stereocenters. The molecule has 1 fully saturated rings. The third kappa shape index (κ3) is 4.62. The number of aryl methyl sites for hydroxylation is 1. The summed E-state index contributed by atoms with van der Waals surface area (Å²) in [5, 5.41) is 3.68. The fraction of sp³-hybridized carbons (Fsp3) is 0.476. The van der Waals surface area contributed by atoms with Gasteiger partial charge in [-0.15, -0.1) is 0 Å². The molecule has 1 aromatic carbocycles. The lowest BCUT2D eigenvalue weighted by Crippen LogP contribution is -2.38. The van der Waals surface area contributed by atoms with Crippen molar-refractivity contribution in [3.05, 3.63) is 39.3 Å². The molecule has 10 heteroatoms. The fourth-order valence-electron chi connectivity index (χ4n) is 3.68. The average molecular weight is 451 g/mol. The molecule has 2 heterocycles. The number of nitrogens with zero attached hydrogens (tertiary/aromatic N) is 3. The van der Waals surface area contributed by atoms with Gasteiger partial charge in [-0.2, -0.15) is 0 Å². The average Bonchev–Trinajstić information content (AvgIpc) is 3.16. The van der Waals surface area contributed by atoms with Crippen molar-refractivity contribution in [2.45, 2.75) is 26.0 Å². The summed E-state index contributed by atoms with van der Waals surface area (Å²) < 4.78 is 17.2. The van der Waals surface area contributed by atoms with Crippen molar-refractivity contribution >= 4 is 23.4 Å². The molecule has 0 bridgehead atoms. The Morgan fingerprint density at radius 2 is 2.06 bits per heavy atom. The molecular formula is C21H27ClN4O5. The van der Waals surface area contributed by atoms with Crippen LogP contribution in [0.1, 0.15) is 12.6 Å². The van der Waals surface area contributed by atoms with E-state index in [1.165, 1.54) is 11.7 Å². The number of anilines is 1. The highest BCUT2D eigenvalue weighted by Gasteiger charge is 2.37. The van der Waals surface area contributed by atoms with Gasteiger partial charge in [0.2, 0.25) is 0 Å². The van der Waals surface area contributed by atoms with Crippen LogP contribution in [0.2, 0.25) is 5.02 Å². The number of rotatable bonds is 6. The number of methoxy groups -OCH3 is 2. The minimum absolute atomic E-state index is 0.249. The summed E-state index contributed by atoms with van der Waals surface area (Å²) in [6, 6.07) is 4.94. The quantitative estimate of drug-likeness (QED) is 0.722. The molecule has 168 valence electrons. The topological polar surface area (TPSA) is 94.9 Å². The van der Waals surface area contributed by atoms with Gasteiger partial charge in [0.1, 0.15) is 17.3 Å². The van der Waals surface area contributed by atoms with Crippen LogP contribution in [-0.4, -0.2) is 66.6 Å². The first-order valence-electron chi connectivity index (χ1n) is 9.93. The molecule has 0 aliphatic carbocycles. The zero-order valence-corrected chi connectivity index (χ0v) is 19.0. The van der Waals surface area contributed by atoms with Gasteiger partial charge in [-0.3, -0.25) is 9.36 Å². The Balaban J connectivity index is 1.94.